The molecule has 60 valence electrons. The predicted molar refractivity (Wildman–Crippen MR) is 41.0 cm³/mol. The normalized spacial score (nSPS) is 10.7. The van der Waals surface area contributed by atoms with Crippen LogP contribution in [0.2, 0.25) is 0 Å². The summed E-state index contributed by atoms with van der Waals surface area (Å²) in [5.74, 6) is -1.82. The molecule has 0 aromatic heterocycles. The average Bonchev–Trinajstić information content (AvgIpc) is 1.87. The third-order valence-corrected chi connectivity index (χ3v) is 0.709. The van der Waals surface area contributed by atoms with E-state index in [9.17, 15) is 9.59 Å². The Kier molecular flexibility index (Phi) is 7.60. The quantitative estimate of drug-likeness (QED) is 0.262. The fraction of sp³-hybridized carbons (Fsp3) is 0.333. The Balaban J connectivity index is -0.000000135. The van der Waals surface area contributed by atoms with Crippen LogP contribution in [0.15, 0.2) is 12.7 Å². The Bertz CT molecular complexity index is 172. The van der Waals surface area contributed by atoms with Crippen molar-refractivity contribution in [3.63, 3.8) is 0 Å². The predicted octanol–water partition coefficient (Wildman–Crippen LogP) is -0.533. The van der Waals surface area contributed by atoms with Gasteiger partial charge in [0.15, 0.2) is 0 Å². The zero-order chi connectivity index (χ0) is 8.15. The van der Waals surface area contributed by atoms with E-state index >= 15 is 0 Å². The number of carbonyl (C=O) groups excluding carboxylic acids is 2. The van der Waals surface area contributed by atoms with Gasteiger partial charge in [-0.15, -0.1) is 0 Å². The van der Waals surface area contributed by atoms with E-state index < -0.39 is 18.0 Å². The molecule has 0 aliphatic carbocycles. The van der Waals surface area contributed by atoms with Gasteiger partial charge in [-0.3, -0.25) is 0 Å². The van der Waals surface area contributed by atoms with Gasteiger partial charge >= 0.3 is 35.0 Å². The van der Waals surface area contributed by atoms with Crippen LogP contribution >= 0.6 is 0 Å². The van der Waals surface area contributed by atoms with E-state index in [4.69, 9.17) is 5.11 Å². The zero-order valence-electron chi connectivity index (χ0n) is 8.24. The first kappa shape index (κ1) is 13.2. The monoisotopic (exact) mass is 170 g/mol. The molecule has 1 N–H and O–H groups in total. The summed E-state index contributed by atoms with van der Waals surface area (Å²) in [6, 6.07) is 0. The second-order valence-corrected chi connectivity index (χ2v) is 1.62. The van der Waals surface area contributed by atoms with Gasteiger partial charge in [0.2, 0.25) is 0 Å². The van der Waals surface area contributed by atoms with Gasteiger partial charge in [0, 0.05) is 6.08 Å². The first-order valence-corrected chi connectivity index (χ1v) is 2.64. The molecule has 4 nitrogen and oxygen atoms in total. The first-order valence-electron chi connectivity index (χ1n) is 2.64. The smallest absolute Gasteiger partial charge is 1.00 e. The second kappa shape index (κ2) is 6.32. The number of esters is 2. The fourth-order valence-electron chi connectivity index (χ4n) is 0.226. The molecule has 0 saturated carbocycles. The van der Waals surface area contributed by atoms with Crippen molar-refractivity contribution in [1.82, 2.24) is 0 Å². The number of carbonyl (C=O) groups is 2. The Morgan fingerprint density at radius 3 is 2.45 bits per heavy atom. The van der Waals surface area contributed by atoms with E-state index in [0.717, 1.165) is 6.08 Å². The van der Waals surface area contributed by atoms with E-state index in [1.807, 2.05) is 0 Å². The van der Waals surface area contributed by atoms with Crippen molar-refractivity contribution in [2.75, 3.05) is 0 Å². The minimum atomic E-state index is -1.27. The van der Waals surface area contributed by atoms with Crippen molar-refractivity contribution in [3.8, 4) is 0 Å². The Morgan fingerprint density at radius 1 is 1.73 bits per heavy atom. The Morgan fingerprint density at radius 2 is 2.18 bits per heavy atom. The first-order chi connectivity index (χ1) is 4.57. The molecule has 0 rings (SSSR count). The minimum absolute atomic E-state index is 0. The molecular weight excluding hydrogens is 160 g/mol. The van der Waals surface area contributed by atoms with Crippen LogP contribution in [-0.2, 0) is 14.3 Å². The maximum atomic E-state index is 10.4. The van der Waals surface area contributed by atoms with Crippen LogP contribution in [0.25, 0.3) is 0 Å². The van der Waals surface area contributed by atoms with Crippen LogP contribution in [0.5, 0.6) is 0 Å². The molecule has 0 heterocycles. The van der Waals surface area contributed by atoms with Gasteiger partial charge in [0.05, 0.1) is 0 Å². The molecule has 1 unspecified atom stereocenters. The molecule has 1 atom stereocenters. The standard InChI is InChI=1S/C6H8O4.Mg.2H/c1-3-5(8)10-6(9)4(2)7;;;/h3-4,7H,1H2,2H3;;;/q;+2;2*-1. The third kappa shape index (κ3) is 6.02. The number of aliphatic hydroxyl groups excluding tert-OH is 1. The van der Waals surface area contributed by atoms with E-state index in [1.165, 1.54) is 6.92 Å². The third-order valence-electron chi connectivity index (χ3n) is 0.709. The van der Waals surface area contributed by atoms with Crippen molar-refractivity contribution in [2.45, 2.75) is 13.0 Å². The van der Waals surface area contributed by atoms with Crippen LogP contribution in [0.4, 0.5) is 0 Å². The summed E-state index contributed by atoms with van der Waals surface area (Å²) in [7, 11) is 0. The summed E-state index contributed by atoms with van der Waals surface area (Å²) in [6.45, 7) is 4.27. The van der Waals surface area contributed by atoms with Gasteiger partial charge in [-0.25, -0.2) is 9.59 Å². The molecule has 5 heteroatoms. The average molecular weight is 170 g/mol. The number of rotatable bonds is 2. The zero-order valence-corrected chi connectivity index (χ0v) is 7.66. The molecule has 0 amide bonds. The van der Waals surface area contributed by atoms with Crippen molar-refractivity contribution in [3.05, 3.63) is 12.7 Å². The van der Waals surface area contributed by atoms with Crippen molar-refractivity contribution >= 4 is 35.0 Å². The SMILES string of the molecule is C=CC(=O)OC(=O)C(C)O.[H-].[H-].[Mg+2]. The molecule has 0 aliphatic rings. The van der Waals surface area contributed by atoms with Crippen LogP contribution in [0.3, 0.4) is 0 Å². The number of hydrogen-bond donors (Lipinski definition) is 1. The molecule has 0 saturated heterocycles. The summed E-state index contributed by atoms with van der Waals surface area (Å²) < 4.78 is 4.02. The van der Waals surface area contributed by atoms with Gasteiger partial charge in [-0.05, 0) is 6.92 Å². The summed E-state index contributed by atoms with van der Waals surface area (Å²) in [5, 5.41) is 8.50. The summed E-state index contributed by atoms with van der Waals surface area (Å²) >= 11 is 0. The number of aliphatic hydroxyl groups is 1. The maximum Gasteiger partial charge on any atom is 2.00 e. The largest absolute Gasteiger partial charge is 2.00 e. The van der Waals surface area contributed by atoms with Crippen LogP contribution in [0, 0.1) is 0 Å². The number of ether oxygens (including phenoxy) is 1. The van der Waals surface area contributed by atoms with E-state index in [2.05, 4.69) is 11.3 Å². The molecule has 0 radical (unpaired) electrons. The summed E-state index contributed by atoms with van der Waals surface area (Å²) in [5.41, 5.74) is 0. The van der Waals surface area contributed by atoms with Crippen LogP contribution < -0.4 is 0 Å². The summed E-state index contributed by atoms with van der Waals surface area (Å²) in [4.78, 5) is 20.6. The van der Waals surface area contributed by atoms with Gasteiger partial charge in [0.1, 0.15) is 6.10 Å². The van der Waals surface area contributed by atoms with Crippen LogP contribution in [0.1, 0.15) is 9.78 Å². The minimum Gasteiger partial charge on any atom is -1.00 e. The van der Waals surface area contributed by atoms with Gasteiger partial charge in [0.25, 0.3) is 0 Å². The van der Waals surface area contributed by atoms with Gasteiger partial charge < -0.3 is 12.7 Å². The number of hydrogen-bond acceptors (Lipinski definition) is 4. The van der Waals surface area contributed by atoms with E-state index in [0.29, 0.717) is 0 Å². The van der Waals surface area contributed by atoms with Crippen molar-refractivity contribution < 1.29 is 22.3 Å². The molecule has 0 aromatic rings. The summed E-state index contributed by atoms with van der Waals surface area (Å²) in [6.07, 6.45) is -0.427. The van der Waals surface area contributed by atoms with E-state index in [-0.39, 0.29) is 25.9 Å². The maximum absolute atomic E-state index is 10.4. The topological polar surface area (TPSA) is 63.6 Å². The second-order valence-electron chi connectivity index (χ2n) is 1.62. The Hall–Kier alpha value is -0.394. The Labute approximate surface area is 83.3 Å². The molecule has 0 bridgehead atoms. The van der Waals surface area contributed by atoms with Crippen LogP contribution in [-0.4, -0.2) is 46.2 Å². The van der Waals surface area contributed by atoms with E-state index in [1.54, 1.807) is 0 Å². The molecule has 0 spiro atoms. The molecule has 0 aliphatic heterocycles. The van der Waals surface area contributed by atoms with Gasteiger partial charge in [-0.1, -0.05) is 6.58 Å². The van der Waals surface area contributed by atoms with Crippen molar-refractivity contribution in [2.24, 2.45) is 0 Å². The van der Waals surface area contributed by atoms with Gasteiger partial charge in [-0.2, -0.15) is 0 Å². The molecule has 0 fully saturated rings. The molecule has 0 aromatic carbocycles. The molecule has 11 heavy (non-hydrogen) atoms. The van der Waals surface area contributed by atoms with Crippen molar-refractivity contribution in [1.29, 1.82) is 0 Å². The molecular formula is C6H10MgO4. The fourth-order valence-corrected chi connectivity index (χ4v) is 0.226.